The summed E-state index contributed by atoms with van der Waals surface area (Å²) in [5.41, 5.74) is 6.67. The normalized spacial score (nSPS) is 12.9. The molecule has 0 saturated carbocycles. The molecule has 0 spiro atoms. The van der Waals surface area contributed by atoms with Crippen LogP contribution in [0.15, 0.2) is 29.3 Å². The van der Waals surface area contributed by atoms with E-state index in [1.807, 2.05) is 0 Å². The number of aliphatic imine (C=N–C) groups is 1. The Labute approximate surface area is 143 Å². The van der Waals surface area contributed by atoms with E-state index in [2.05, 4.69) is 24.2 Å². The zero-order chi connectivity index (χ0) is 15.0. The third-order valence-corrected chi connectivity index (χ3v) is 2.98. The van der Waals surface area contributed by atoms with Crippen LogP contribution in [0.25, 0.3) is 0 Å². The van der Waals surface area contributed by atoms with E-state index in [0.717, 1.165) is 18.5 Å². The number of halogens is 2. The number of nitrogens with one attached hydrogen (secondary N) is 1. The molecule has 1 aromatic carbocycles. The third kappa shape index (κ3) is 8.21. The molecule has 0 saturated heterocycles. The van der Waals surface area contributed by atoms with Crippen molar-refractivity contribution in [1.82, 2.24) is 5.32 Å². The predicted molar refractivity (Wildman–Crippen MR) is 95.5 cm³/mol. The topological polar surface area (TPSA) is 59.6 Å². The lowest BCUT2D eigenvalue weighted by Crippen LogP contribution is -2.33. The van der Waals surface area contributed by atoms with Gasteiger partial charge in [-0.1, -0.05) is 26.0 Å². The molecule has 1 rings (SSSR count). The summed E-state index contributed by atoms with van der Waals surface area (Å²) < 4.78 is 18.2. The smallest absolute Gasteiger partial charge is 0.188 e. The first kappa shape index (κ1) is 20.1. The lowest BCUT2D eigenvalue weighted by molar-refractivity contribution is 0.111. The van der Waals surface area contributed by atoms with Gasteiger partial charge in [-0.05, 0) is 30.0 Å². The lowest BCUT2D eigenvalue weighted by Gasteiger charge is -2.14. The summed E-state index contributed by atoms with van der Waals surface area (Å²) in [6, 6.07) is 6.22. The molecule has 0 amide bonds. The van der Waals surface area contributed by atoms with Crippen molar-refractivity contribution in [3.8, 4) is 0 Å². The monoisotopic (exact) mass is 409 g/mol. The molecule has 0 aromatic heterocycles. The van der Waals surface area contributed by atoms with Gasteiger partial charge in [-0.15, -0.1) is 24.0 Å². The molecule has 4 nitrogen and oxygen atoms in total. The Kier molecular flexibility index (Phi) is 10.3. The van der Waals surface area contributed by atoms with Crippen molar-refractivity contribution in [1.29, 1.82) is 0 Å². The zero-order valence-corrected chi connectivity index (χ0v) is 15.1. The highest BCUT2D eigenvalue weighted by Crippen LogP contribution is 2.17. The summed E-state index contributed by atoms with van der Waals surface area (Å²) in [6.45, 7) is 5.53. The summed E-state index contributed by atoms with van der Waals surface area (Å²) in [6.07, 6.45) is 0.822. The molecule has 3 N–H and O–H groups in total. The van der Waals surface area contributed by atoms with E-state index < -0.39 is 0 Å². The molecule has 0 aliphatic carbocycles. The number of methoxy groups -OCH3 is 1. The fraction of sp³-hybridized carbons (Fsp3) is 0.533. The van der Waals surface area contributed by atoms with Crippen LogP contribution >= 0.6 is 24.0 Å². The molecular formula is C15H25FIN3O. The molecule has 1 unspecified atom stereocenters. The average molecular weight is 409 g/mol. The Morgan fingerprint density at radius 1 is 1.33 bits per heavy atom. The van der Waals surface area contributed by atoms with E-state index >= 15 is 0 Å². The molecule has 0 aliphatic heterocycles. The Balaban J connectivity index is 0.00000400. The van der Waals surface area contributed by atoms with Gasteiger partial charge in [0.1, 0.15) is 11.9 Å². The average Bonchev–Trinajstić information content (AvgIpc) is 2.41. The van der Waals surface area contributed by atoms with Crippen molar-refractivity contribution in [3.63, 3.8) is 0 Å². The molecule has 6 heteroatoms. The van der Waals surface area contributed by atoms with Crippen molar-refractivity contribution in [2.75, 3.05) is 20.2 Å². The van der Waals surface area contributed by atoms with Crippen LogP contribution in [0.3, 0.4) is 0 Å². The fourth-order valence-electron chi connectivity index (χ4n) is 1.72. The van der Waals surface area contributed by atoms with E-state index in [-0.39, 0.29) is 35.9 Å². The van der Waals surface area contributed by atoms with Gasteiger partial charge in [0.2, 0.25) is 0 Å². The molecule has 0 radical (unpaired) electrons. The Bertz CT molecular complexity index is 423. The minimum absolute atomic E-state index is 0. The van der Waals surface area contributed by atoms with Crippen LogP contribution in [-0.4, -0.2) is 26.2 Å². The van der Waals surface area contributed by atoms with Crippen molar-refractivity contribution in [2.45, 2.75) is 26.4 Å². The van der Waals surface area contributed by atoms with E-state index in [0.29, 0.717) is 18.4 Å². The summed E-state index contributed by atoms with van der Waals surface area (Å²) in [5, 5.41) is 3.07. The van der Waals surface area contributed by atoms with Gasteiger partial charge >= 0.3 is 0 Å². The molecule has 1 aromatic rings. The highest BCUT2D eigenvalue weighted by molar-refractivity contribution is 14.0. The largest absolute Gasteiger partial charge is 0.375 e. The van der Waals surface area contributed by atoms with Gasteiger partial charge in [-0.3, -0.25) is 4.99 Å². The standard InChI is InChI=1S/C15H24FN3O.HI/c1-11(2)8-9-18-15(17)19-10-14(20-3)12-4-6-13(16)7-5-12;/h4-7,11,14H,8-10H2,1-3H3,(H3,17,18,19);1H. The van der Waals surface area contributed by atoms with Gasteiger partial charge in [0.25, 0.3) is 0 Å². The number of ether oxygens (including phenoxy) is 1. The van der Waals surface area contributed by atoms with E-state index in [9.17, 15) is 4.39 Å². The van der Waals surface area contributed by atoms with Crippen LogP contribution in [0.4, 0.5) is 4.39 Å². The third-order valence-electron chi connectivity index (χ3n) is 2.98. The SMILES string of the molecule is COC(CN=C(N)NCCC(C)C)c1ccc(F)cc1.I. The van der Waals surface area contributed by atoms with Crippen LogP contribution in [0, 0.1) is 11.7 Å². The summed E-state index contributed by atoms with van der Waals surface area (Å²) >= 11 is 0. The van der Waals surface area contributed by atoms with Crippen LogP contribution in [0.1, 0.15) is 31.9 Å². The number of nitrogens with two attached hydrogens (primary N) is 1. The number of benzene rings is 1. The second-order valence-electron chi connectivity index (χ2n) is 5.11. The van der Waals surface area contributed by atoms with Gasteiger partial charge in [-0.25, -0.2) is 4.39 Å². The highest BCUT2D eigenvalue weighted by atomic mass is 127. The second-order valence-corrected chi connectivity index (χ2v) is 5.11. The van der Waals surface area contributed by atoms with Crippen LogP contribution in [-0.2, 0) is 4.74 Å². The highest BCUT2D eigenvalue weighted by Gasteiger charge is 2.10. The minimum Gasteiger partial charge on any atom is -0.375 e. The summed E-state index contributed by atoms with van der Waals surface area (Å²) in [4.78, 5) is 4.26. The molecule has 0 fully saturated rings. The predicted octanol–water partition coefficient (Wildman–Crippen LogP) is 3.08. The fourth-order valence-corrected chi connectivity index (χ4v) is 1.72. The number of hydrogen-bond acceptors (Lipinski definition) is 2. The van der Waals surface area contributed by atoms with E-state index in [4.69, 9.17) is 10.5 Å². The maximum atomic E-state index is 12.9. The number of nitrogens with zero attached hydrogens (tertiary/aromatic N) is 1. The number of hydrogen-bond donors (Lipinski definition) is 2. The minimum atomic E-state index is -0.262. The molecule has 0 aliphatic rings. The summed E-state index contributed by atoms with van der Waals surface area (Å²) in [5.74, 6) is 0.776. The van der Waals surface area contributed by atoms with Crippen molar-refractivity contribution < 1.29 is 9.13 Å². The zero-order valence-electron chi connectivity index (χ0n) is 12.8. The van der Waals surface area contributed by atoms with Crippen molar-refractivity contribution >= 4 is 29.9 Å². The van der Waals surface area contributed by atoms with Crippen LogP contribution < -0.4 is 11.1 Å². The molecule has 1 atom stereocenters. The van der Waals surface area contributed by atoms with Gasteiger partial charge < -0.3 is 15.8 Å². The van der Waals surface area contributed by atoms with Gasteiger partial charge in [0.05, 0.1) is 6.54 Å². The molecule has 0 heterocycles. The maximum absolute atomic E-state index is 12.9. The molecular weight excluding hydrogens is 384 g/mol. The van der Waals surface area contributed by atoms with Crippen LogP contribution in [0.2, 0.25) is 0 Å². The molecule has 21 heavy (non-hydrogen) atoms. The Morgan fingerprint density at radius 3 is 2.48 bits per heavy atom. The first-order valence-corrected chi connectivity index (χ1v) is 6.85. The number of guanidine groups is 1. The van der Waals surface area contributed by atoms with Gasteiger partial charge in [0.15, 0.2) is 5.96 Å². The van der Waals surface area contributed by atoms with Gasteiger partial charge in [0, 0.05) is 13.7 Å². The Morgan fingerprint density at radius 2 is 1.95 bits per heavy atom. The summed E-state index contributed by atoms with van der Waals surface area (Å²) in [7, 11) is 1.60. The Hall–Kier alpha value is -0.890. The van der Waals surface area contributed by atoms with E-state index in [1.165, 1.54) is 12.1 Å². The first-order valence-electron chi connectivity index (χ1n) is 6.85. The quantitative estimate of drug-likeness (QED) is 0.414. The first-order chi connectivity index (χ1) is 9.52. The number of rotatable bonds is 7. The van der Waals surface area contributed by atoms with Crippen molar-refractivity contribution in [2.24, 2.45) is 16.6 Å². The van der Waals surface area contributed by atoms with Crippen molar-refractivity contribution in [3.05, 3.63) is 35.6 Å². The molecule has 120 valence electrons. The van der Waals surface area contributed by atoms with Gasteiger partial charge in [-0.2, -0.15) is 0 Å². The van der Waals surface area contributed by atoms with E-state index in [1.54, 1.807) is 19.2 Å². The molecule has 0 bridgehead atoms. The lowest BCUT2D eigenvalue weighted by atomic mass is 10.1. The maximum Gasteiger partial charge on any atom is 0.188 e. The second kappa shape index (κ2) is 10.8. The van der Waals surface area contributed by atoms with Crippen LogP contribution in [0.5, 0.6) is 0 Å².